The Bertz CT molecular complexity index is 487. The minimum absolute atomic E-state index is 0.625. The summed E-state index contributed by atoms with van der Waals surface area (Å²) in [5, 5.41) is 9.56. The van der Waals surface area contributed by atoms with Gasteiger partial charge in [0.25, 0.3) is 0 Å². The molecule has 4 heteroatoms. The van der Waals surface area contributed by atoms with E-state index < -0.39 is 0 Å². The Kier molecular flexibility index (Phi) is 5.42. The molecule has 0 aromatic heterocycles. The number of nitrogens with zero attached hydrogens (tertiary/aromatic N) is 3. The van der Waals surface area contributed by atoms with E-state index in [1.807, 2.05) is 12.1 Å². The highest BCUT2D eigenvalue weighted by Gasteiger charge is 2.20. The van der Waals surface area contributed by atoms with E-state index in [1.165, 1.54) is 6.42 Å². The van der Waals surface area contributed by atoms with Gasteiger partial charge in [0.15, 0.2) is 0 Å². The molecule has 0 amide bonds. The van der Waals surface area contributed by atoms with Crippen molar-refractivity contribution in [3.8, 4) is 6.07 Å². The summed E-state index contributed by atoms with van der Waals surface area (Å²) in [4.78, 5) is 4.99. The number of piperazine rings is 1. The standard InChI is InChI=1S/C16H22ClN3/c1-3-13(2)20-8-6-19(7-9-20)12-15-5-4-14(11-18)10-16(15)17/h4-5,10,13H,3,6-9,12H2,1-2H3. The van der Waals surface area contributed by atoms with E-state index in [9.17, 15) is 0 Å². The van der Waals surface area contributed by atoms with Crippen molar-refractivity contribution in [2.24, 2.45) is 0 Å². The van der Waals surface area contributed by atoms with Crippen LogP contribution in [0.25, 0.3) is 0 Å². The van der Waals surface area contributed by atoms with Crippen LogP contribution in [0.5, 0.6) is 0 Å². The number of halogens is 1. The maximum atomic E-state index is 8.85. The van der Waals surface area contributed by atoms with E-state index in [-0.39, 0.29) is 0 Å². The van der Waals surface area contributed by atoms with Crippen molar-refractivity contribution in [3.05, 3.63) is 34.3 Å². The lowest BCUT2D eigenvalue weighted by Gasteiger charge is -2.37. The zero-order valence-electron chi connectivity index (χ0n) is 12.3. The van der Waals surface area contributed by atoms with Crippen molar-refractivity contribution in [2.75, 3.05) is 26.2 Å². The largest absolute Gasteiger partial charge is 0.298 e. The highest BCUT2D eigenvalue weighted by atomic mass is 35.5. The van der Waals surface area contributed by atoms with Gasteiger partial charge in [0.1, 0.15) is 0 Å². The molecule has 1 fully saturated rings. The van der Waals surface area contributed by atoms with Crippen molar-refractivity contribution in [2.45, 2.75) is 32.9 Å². The van der Waals surface area contributed by atoms with E-state index in [1.54, 1.807) is 6.07 Å². The van der Waals surface area contributed by atoms with Crippen LogP contribution >= 0.6 is 11.6 Å². The third-order valence-electron chi connectivity index (χ3n) is 4.20. The molecule has 1 heterocycles. The molecule has 0 radical (unpaired) electrons. The fourth-order valence-electron chi connectivity index (χ4n) is 2.61. The average molecular weight is 292 g/mol. The lowest BCUT2D eigenvalue weighted by atomic mass is 10.1. The van der Waals surface area contributed by atoms with Gasteiger partial charge in [0.2, 0.25) is 0 Å². The van der Waals surface area contributed by atoms with Crippen molar-refractivity contribution in [1.82, 2.24) is 9.80 Å². The molecule has 0 N–H and O–H groups in total. The van der Waals surface area contributed by atoms with E-state index in [2.05, 4.69) is 29.7 Å². The van der Waals surface area contributed by atoms with Crippen LogP contribution in [0.4, 0.5) is 0 Å². The first-order chi connectivity index (χ1) is 9.63. The number of benzene rings is 1. The molecule has 1 aromatic rings. The molecule has 0 saturated carbocycles. The van der Waals surface area contributed by atoms with Gasteiger partial charge in [0, 0.05) is 43.8 Å². The third-order valence-corrected chi connectivity index (χ3v) is 4.55. The summed E-state index contributed by atoms with van der Waals surface area (Å²) < 4.78 is 0. The van der Waals surface area contributed by atoms with Crippen LogP contribution in [0, 0.1) is 11.3 Å². The summed E-state index contributed by atoms with van der Waals surface area (Å²) in [6, 6.07) is 8.37. The summed E-state index contributed by atoms with van der Waals surface area (Å²) in [5.74, 6) is 0. The maximum absolute atomic E-state index is 8.85. The Morgan fingerprint density at radius 2 is 2.00 bits per heavy atom. The van der Waals surface area contributed by atoms with Crippen LogP contribution in [-0.2, 0) is 6.54 Å². The molecule has 1 aliphatic heterocycles. The molecule has 0 aliphatic carbocycles. The quantitative estimate of drug-likeness (QED) is 0.854. The zero-order valence-corrected chi connectivity index (χ0v) is 13.0. The Morgan fingerprint density at radius 3 is 2.55 bits per heavy atom. The van der Waals surface area contributed by atoms with E-state index in [0.717, 1.165) is 38.3 Å². The molecule has 1 aromatic carbocycles. The molecule has 1 unspecified atom stereocenters. The maximum Gasteiger partial charge on any atom is 0.0992 e. The Balaban J connectivity index is 1.91. The molecular formula is C16H22ClN3. The van der Waals surface area contributed by atoms with Gasteiger partial charge in [-0.2, -0.15) is 5.26 Å². The van der Waals surface area contributed by atoms with Crippen LogP contribution in [-0.4, -0.2) is 42.0 Å². The molecule has 0 bridgehead atoms. The van der Waals surface area contributed by atoms with Gasteiger partial charge in [-0.25, -0.2) is 0 Å². The van der Waals surface area contributed by atoms with Crippen LogP contribution in [0.15, 0.2) is 18.2 Å². The van der Waals surface area contributed by atoms with Crippen molar-refractivity contribution in [1.29, 1.82) is 5.26 Å². The molecule has 1 atom stereocenters. The van der Waals surface area contributed by atoms with Gasteiger partial charge >= 0.3 is 0 Å². The minimum Gasteiger partial charge on any atom is -0.298 e. The number of rotatable bonds is 4. The van der Waals surface area contributed by atoms with Crippen molar-refractivity contribution < 1.29 is 0 Å². The van der Waals surface area contributed by atoms with Gasteiger partial charge in [-0.1, -0.05) is 24.6 Å². The van der Waals surface area contributed by atoms with Gasteiger partial charge in [-0.05, 0) is 31.0 Å². The van der Waals surface area contributed by atoms with Crippen LogP contribution in [0.1, 0.15) is 31.4 Å². The Morgan fingerprint density at radius 1 is 1.30 bits per heavy atom. The molecule has 1 aliphatic rings. The Labute approximate surface area is 126 Å². The molecule has 3 nitrogen and oxygen atoms in total. The second-order valence-corrected chi connectivity index (χ2v) is 5.89. The summed E-state index contributed by atoms with van der Waals surface area (Å²) in [7, 11) is 0. The van der Waals surface area contributed by atoms with Gasteiger partial charge in [-0.3, -0.25) is 9.80 Å². The minimum atomic E-state index is 0.625. The first kappa shape index (κ1) is 15.3. The topological polar surface area (TPSA) is 30.3 Å². The third kappa shape index (κ3) is 3.73. The summed E-state index contributed by atoms with van der Waals surface area (Å²) in [6.45, 7) is 9.84. The number of hydrogen-bond acceptors (Lipinski definition) is 3. The molecular weight excluding hydrogens is 270 g/mol. The van der Waals surface area contributed by atoms with Crippen molar-refractivity contribution in [3.63, 3.8) is 0 Å². The fraction of sp³-hybridized carbons (Fsp3) is 0.562. The normalized spacial score (nSPS) is 18.7. The van der Waals surface area contributed by atoms with E-state index in [4.69, 9.17) is 16.9 Å². The molecule has 108 valence electrons. The summed E-state index contributed by atoms with van der Waals surface area (Å²) in [6.07, 6.45) is 1.21. The predicted octanol–water partition coefficient (Wildman–Crippen LogP) is 3.13. The first-order valence-corrected chi connectivity index (χ1v) is 7.66. The van der Waals surface area contributed by atoms with E-state index in [0.29, 0.717) is 16.6 Å². The van der Waals surface area contributed by atoms with Gasteiger partial charge < -0.3 is 0 Å². The van der Waals surface area contributed by atoms with Gasteiger partial charge in [0.05, 0.1) is 11.6 Å². The highest BCUT2D eigenvalue weighted by molar-refractivity contribution is 6.31. The first-order valence-electron chi connectivity index (χ1n) is 7.29. The summed E-state index contributed by atoms with van der Waals surface area (Å²) >= 11 is 6.24. The van der Waals surface area contributed by atoms with Crippen molar-refractivity contribution >= 4 is 11.6 Å². The number of nitriles is 1. The highest BCUT2D eigenvalue weighted by Crippen LogP contribution is 2.20. The molecule has 0 spiro atoms. The summed E-state index contributed by atoms with van der Waals surface area (Å²) in [5.41, 5.74) is 1.74. The SMILES string of the molecule is CCC(C)N1CCN(Cc2ccc(C#N)cc2Cl)CC1. The lowest BCUT2D eigenvalue weighted by Crippen LogP contribution is -2.49. The fourth-order valence-corrected chi connectivity index (χ4v) is 2.85. The molecule has 1 saturated heterocycles. The molecule has 20 heavy (non-hydrogen) atoms. The zero-order chi connectivity index (χ0) is 14.5. The average Bonchev–Trinajstić information content (AvgIpc) is 2.49. The van der Waals surface area contributed by atoms with Gasteiger partial charge in [-0.15, -0.1) is 0 Å². The number of hydrogen-bond donors (Lipinski definition) is 0. The Hall–Kier alpha value is -1.08. The lowest BCUT2D eigenvalue weighted by molar-refractivity contribution is 0.0964. The van der Waals surface area contributed by atoms with E-state index >= 15 is 0 Å². The van der Waals surface area contributed by atoms with Crippen LogP contribution in [0.2, 0.25) is 5.02 Å². The van der Waals surface area contributed by atoms with Crippen LogP contribution < -0.4 is 0 Å². The second kappa shape index (κ2) is 7.08. The monoisotopic (exact) mass is 291 g/mol. The molecule has 2 rings (SSSR count). The smallest absolute Gasteiger partial charge is 0.0992 e. The second-order valence-electron chi connectivity index (χ2n) is 5.49. The van der Waals surface area contributed by atoms with Crippen LogP contribution in [0.3, 0.4) is 0 Å². The predicted molar refractivity (Wildman–Crippen MR) is 82.8 cm³/mol.